The number of carbonyl (C=O) groups excluding carboxylic acids is 1. The number of hydrogen-bond donors (Lipinski definition) is 9. The van der Waals surface area contributed by atoms with Crippen LogP contribution in [0.5, 0.6) is 0 Å². The molecule has 2 saturated heterocycles. The molecule has 0 bridgehead atoms. The van der Waals surface area contributed by atoms with Crippen LogP contribution in [0.1, 0.15) is 232 Å². The number of unbranched alkanes of at least 4 members (excludes halogenated alkanes) is 28. The van der Waals surface area contributed by atoms with Gasteiger partial charge in [0.2, 0.25) is 5.91 Å². The molecule has 74 heavy (non-hydrogen) atoms. The maximum atomic E-state index is 13.2. The lowest BCUT2D eigenvalue weighted by molar-refractivity contribution is -0.359. The van der Waals surface area contributed by atoms with E-state index in [0.717, 1.165) is 51.4 Å². The van der Waals surface area contributed by atoms with E-state index in [0.29, 0.717) is 6.42 Å². The van der Waals surface area contributed by atoms with Crippen LogP contribution in [0.4, 0.5) is 0 Å². The molecular formula is C60H109NO13. The molecule has 0 radical (unpaired) electrons. The summed E-state index contributed by atoms with van der Waals surface area (Å²) < 4.78 is 22.7. The normalized spacial score (nSPS) is 25.5. The van der Waals surface area contributed by atoms with Crippen molar-refractivity contribution < 1.29 is 64.6 Å². The van der Waals surface area contributed by atoms with Crippen molar-refractivity contribution in [2.45, 2.75) is 306 Å². The molecule has 2 aliphatic rings. The number of amides is 1. The molecule has 2 rings (SSSR count). The zero-order valence-corrected chi connectivity index (χ0v) is 46.3. The highest BCUT2D eigenvalue weighted by Crippen LogP contribution is 2.30. The van der Waals surface area contributed by atoms with E-state index in [9.17, 15) is 45.6 Å². The van der Waals surface area contributed by atoms with Gasteiger partial charge in [-0.05, 0) is 57.8 Å². The van der Waals surface area contributed by atoms with Crippen LogP contribution < -0.4 is 5.32 Å². The van der Waals surface area contributed by atoms with Crippen molar-refractivity contribution in [1.29, 1.82) is 0 Å². The molecule has 2 aliphatic heterocycles. The van der Waals surface area contributed by atoms with Gasteiger partial charge in [0.25, 0.3) is 0 Å². The smallest absolute Gasteiger partial charge is 0.220 e. The summed E-state index contributed by atoms with van der Waals surface area (Å²) in [6.07, 6.45) is 40.1. The topological polar surface area (TPSA) is 228 Å². The van der Waals surface area contributed by atoms with Crippen LogP contribution in [0.25, 0.3) is 0 Å². The van der Waals surface area contributed by atoms with Gasteiger partial charge in [-0.15, -0.1) is 0 Å². The van der Waals surface area contributed by atoms with E-state index < -0.39 is 86.8 Å². The molecule has 12 unspecified atom stereocenters. The monoisotopic (exact) mass is 1050 g/mol. The van der Waals surface area contributed by atoms with E-state index in [2.05, 4.69) is 55.6 Å². The van der Waals surface area contributed by atoms with Crippen molar-refractivity contribution in [2.24, 2.45) is 0 Å². The van der Waals surface area contributed by atoms with E-state index >= 15 is 0 Å². The van der Waals surface area contributed by atoms with Crippen LogP contribution in [-0.4, -0.2) is 140 Å². The maximum Gasteiger partial charge on any atom is 0.220 e. The molecule has 0 aliphatic carbocycles. The van der Waals surface area contributed by atoms with Gasteiger partial charge in [0.15, 0.2) is 12.6 Å². The highest BCUT2D eigenvalue weighted by molar-refractivity contribution is 5.76. The third kappa shape index (κ3) is 31.4. The minimum atomic E-state index is -1.79. The lowest BCUT2D eigenvalue weighted by Crippen LogP contribution is -2.65. The average molecular weight is 1050 g/mol. The Labute approximate surface area is 448 Å². The first-order valence-corrected chi connectivity index (χ1v) is 29.9. The average Bonchev–Trinajstić information content (AvgIpc) is 3.40. The molecule has 2 heterocycles. The van der Waals surface area contributed by atoms with Crippen LogP contribution in [-0.2, 0) is 23.7 Å². The van der Waals surface area contributed by atoms with Crippen LogP contribution in [0.3, 0.4) is 0 Å². The minimum absolute atomic E-state index is 0.242. The van der Waals surface area contributed by atoms with Crippen LogP contribution in [0.2, 0.25) is 0 Å². The Kier molecular flexibility index (Phi) is 42.2. The molecule has 12 atom stereocenters. The summed E-state index contributed by atoms with van der Waals surface area (Å²) in [5.41, 5.74) is 0. The van der Waals surface area contributed by atoms with Gasteiger partial charge >= 0.3 is 0 Å². The number of nitrogens with one attached hydrogen (secondary N) is 1. The SMILES string of the molecule is CCCCCCC/C=C\C/C=C\C/C=C\CCCCCCCCCCCCCCC(=O)NC(COC1OC(CO)C(OC2OC(CO)C(O)C(O)C2O)C(O)C1O)C(O)/C=C/CCCCCCCCCCCCC. The first-order valence-electron chi connectivity index (χ1n) is 29.9. The van der Waals surface area contributed by atoms with Crippen molar-refractivity contribution >= 4 is 5.91 Å². The summed E-state index contributed by atoms with van der Waals surface area (Å²) >= 11 is 0. The zero-order chi connectivity index (χ0) is 53.9. The Morgan fingerprint density at radius 2 is 0.892 bits per heavy atom. The first kappa shape index (κ1) is 68.1. The lowest BCUT2D eigenvalue weighted by Gasteiger charge is -2.46. The number of hydrogen-bond acceptors (Lipinski definition) is 13. The highest BCUT2D eigenvalue weighted by Gasteiger charge is 2.51. The van der Waals surface area contributed by atoms with E-state index in [1.807, 2.05) is 6.08 Å². The summed E-state index contributed by atoms with van der Waals surface area (Å²) in [5.74, 6) is -0.242. The Morgan fingerprint density at radius 3 is 1.36 bits per heavy atom. The summed E-state index contributed by atoms with van der Waals surface area (Å²) in [5, 5.41) is 87.0. The van der Waals surface area contributed by atoms with E-state index in [-0.39, 0.29) is 18.9 Å². The van der Waals surface area contributed by atoms with Gasteiger partial charge in [-0.25, -0.2) is 0 Å². The predicted octanol–water partition coefficient (Wildman–Crippen LogP) is 10.0. The number of aliphatic hydroxyl groups excluding tert-OH is 8. The number of aliphatic hydroxyl groups is 8. The molecule has 0 aromatic carbocycles. The van der Waals surface area contributed by atoms with Gasteiger partial charge in [-0.2, -0.15) is 0 Å². The summed E-state index contributed by atoms with van der Waals surface area (Å²) in [4.78, 5) is 13.2. The Morgan fingerprint density at radius 1 is 0.486 bits per heavy atom. The Hall–Kier alpha value is -2.05. The second-order valence-corrected chi connectivity index (χ2v) is 21.1. The molecule has 2 fully saturated rings. The zero-order valence-electron chi connectivity index (χ0n) is 46.3. The van der Waals surface area contributed by atoms with Gasteiger partial charge in [0.1, 0.15) is 48.8 Å². The van der Waals surface area contributed by atoms with Crippen molar-refractivity contribution in [3.05, 3.63) is 48.6 Å². The number of carbonyl (C=O) groups is 1. The number of ether oxygens (including phenoxy) is 4. The Balaban J connectivity index is 1.71. The fraction of sp³-hybridized carbons (Fsp3) is 0.850. The molecule has 0 spiro atoms. The molecule has 14 heteroatoms. The van der Waals surface area contributed by atoms with Crippen molar-refractivity contribution in [3.8, 4) is 0 Å². The third-order valence-corrected chi connectivity index (χ3v) is 14.5. The van der Waals surface area contributed by atoms with Gasteiger partial charge in [0, 0.05) is 6.42 Å². The van der Waals surface area contributed by atoms with Crippen LogP contribution in [0, 0.1) is 0 Å². The molecule has 1 amide bonds. The second kappa shape index (κ2) is 45.9. The molecule has 432 valence electrons. The quantitative estimate of drug-likeness (QED) is 0.0205. The van der Waals surface area contributed by atoms with Gasteiger partial charge in [-0.3, -0.25) is 4.79 Å². The van der Waals surface area contributed by atoms with Crippen molar-refractivity contribution in [1.82, 2.24) is 5.32 Å². The van der Waals surface area contributed by atoms with Gasteiger partial charge in [-0.1, -0.05) is 217 Å². The fourth-order valence-corrected chi connectivity index (χ4v) is 9.65. The van der Waals surface area contributed by atoms with Crippen molar-refractivity contribution in [2.75, 3.05) is 19.8 Å². The predicted molar refractivity (Wildman–Crippen MR) is 295 cm³/mol. The van der Waals surface area contributed by atoms with E-state index in [1.165, 1.54) is 154 Å². The van der Waals surface area contributed by atoms with Crippen molar-refractivity contribution in [3.63, 3.8) is 0 Å². The van der Waals surface area contributed by atoms with Gasteiger partial charge in [0.05, 0.1) is 32.0 Å². The number of rotatable bonds is 47. The standard InChI is InChI=1S/C60H109NO13/c1-3-5-7-9-11-13-15-17-18-19-20-21-22-23-24-25-26-27-28-29-30-32-34-36-38-40-42-44-52(65)61-48(49(64)43-41-39-37-35-33-31-16-14-12-10-8-6-4-2)47-71-59-57(70)55(68)58(51(46-63)73-59)74-60-56(69)54(67)53(66)50(45-62)72-60/h15,17,19-20,22-23,41,43,48-51,53-60,62-64,66-70H,3-14,16,18,21,24-40,42,44-47H2,1-2H3,(H,61,65)/b17-15-,20-19-,23-22-,43-41+. The van der Waals surface area contributed by atoms with Gasteiger partial charge < -0.3 is 65.1 Å². The van der Waals surface area contributed by atoms with Crippen LogP contribution >= 0.6 is 0 Å². The van der Waals surface area contributed by atoms with Crippen LogP contribution in [0.15, 0.2) is 48.6 Å². The van der Waals surface area contributed by atoms with E-state index in [1.54, 1.807) is 6.08 Å². The number of allylic oxidation sites excluding steroid dienone is 7. The summed E-state index contributed by atoms with van der Waals surface area (Å²) in [7, 11) is 0. The second-order valence-electron chi connectivity index (χ2n) is 21.1. The first-order chi connectivity index (χ1) is 36.1. The molecular weight excluding hydrogens is 943 g/mol. The minimum Gasteiger partial charge on any atom is -0.394 e. The maximum absolute atomic E-state index is 13.2. The molecule has 0 aromatic rings. The molecule has 9 N–H and O–H groups in total. The fourth-order valence-electron chi connectivity index (χ4n) is 9.65. The van der Waals surface area contributed by atoms with E-state index in [4.69, 9.17) is 18.9 Å². The molecule has 14 nitrogen and oxygen atoms in total. The molecule has 0 saturated carbocycles. The molecule has 0 aromatic heterocycles. The Bertz CT molecular complexity index is 1430. The summed E-state index contributed by atoms with van der Waals surface area (Å²) in [6.45, 7) is 2.78. The third-order valence-electron chi connectivity index (χ3n) is 14.5. The largest absolute Gasteiger partial charge is 0.394 e. The highest BCUT2D eigenvalue weighted by atomic mass is 16.7. The lowest BCUT2D eigenvalue weighted by atomic mass is 9.97. The summed E-state index contributed by atoms with van der Waals surface area (Å²) in [6, 6.07) is -0.915.